The summed E-state index contributed by atoms with van der Waals surface area (Å²) >= 11 is 12.0. The quantitative estimate of drug-likeness (QED) is 0.831. The Morgan fingerprint density at radius 1 is 1.06 bits per heavy atom. The van der Waals surface area contributed by atoms with E-state index in [1.165, 1.54) is 18.7 Å². The molecule has 1 aromatic rings. The summed E-state index contributed by atoms with van der Waals surface area (Å²) in [5.41, 5.74) is 1.18. The summed E-state index contributed by atoms with van der Waals surface area (Å²) in [7, 11) is 0. The van der Waals surface area contributed by atoms with Crippen molar-refractivity contribution in [2.75, 3.05) is 37.6 Å². The Balaban J connectivity index is 1.98. The van der Waals surface area contributed by atoms with Gasteiger partial charge in [-0.3, -0.25) is 4.90 Å². The number of nitrogens with zero attached hydrogens (tertiary/aromatic N) is 2. The van der Waals surface area contributed by atoms with E-state index in [4.69, 9.17) is 23.2 Å². The van der Waals surface area contributed by atoms with E-state index in [2.05, 4.69) is 16.7 Å². The van der Waals surface area contributed by atoms with Gasteiger partial charge in [0, 0.05) is 31.9 Å². The van der Waals surface area contributed by atoms with E-state index in [1.54, 1.807) is 0 Å². The average molecular weight is 273 g/mol. The summed E-state index contributed by atoms with van der Waals surface area (Å²) in [6, 6.07) is 5.88. The van der Waals surface area contributed by atoms with Gasteiger partial charge in [0.2, 0.25) is 0 Å². The van der Waals surface area contributed by atoms with Gasteiger partial charge in [0.05, 0.1) is 10.0 Å². The highest BCUT2D eigenvalue weighted by atomic mass is 35.5. The number of benzene rings is 1. The van der Waals surface area contributed by atoms with Gasteiger partial charge in [-0.2, -0.15) is 0 Å². The van der Waals surface area contributed by atoms with Crippen molar-refractivity contribution in [2.45, 2.75) is 13.3 Å². The van der Waals surface area contributed by atoms with Crippen LogP contribution in [0.2, 0.25) is 10.0 Å². The van der Waals surface area contributed by atoms with Gasteiger partial charge in [-0.05, 0) is 31.2 Å². The summed E-state index contributed by atoms with van der Waals surface area (Å²) < 4.78 is 0. The van der Waals surface area contributed by atoms with Gasteiger partial charge < -0.3 is 4.90 Å². The van der Waals surface area contributed by atoms with Crippen LogP contribution in [0.3, 0.4) is 0 Å². The maximum absolute atomic E-state index is 6.04. The number of hydrogen-bond donors (Lipinski definition) is 0. The molecule has 1 aliphatic heterocycles. The Morgan fingerprint density at radius 3 is 2.35 bits per heavy atom. The molecule has 0 unspecified atom stereocenters. The highest BCUT2D eigenvalue weighted by Crippen LogP contribution is 2.27. The zero-order valence-electron chi connectivity index (χ0n) is 10.1. The maximum atomic E-state index is 6.04. The van der Waals surface area contributed by atoms with Crippen molar-refractivity contribution in [3.63, 3.8) is 0 Å². The first-order valence-electron chi connectivity index (χ1n) is 6.13. The zero-order valence-corrected chi connectivity index (χ0v) is 11.6. The van der Waals surface area contributed by atoms with Crippen LogP contribution in [0.1, 0.15) is 13.3 Å². The van der Waals surface area contributed by atoms with Crippen LogP contribution in [0.15, 0.2) is 18.2 Å². The lowest BCUT2D eigenvalue weighted by Crippen LogP contribution is -2.46. The highest BCUT2D eigenvalue weighted by Gasteiger charge is 2.16. The molecule has 1 aliphatic rings. The highest BCUT2D eigenvalue weighted by molar-refractivity contribution is 6.42. The topological polar surface area (TPSA) is 6.48 Å². The third kappa shape index (κ3) is 3.27. The number of hydrogen-bond acceptors (Lipinski definition) is 2. The molecule has 94 valence electrons. The Kier molecular flexibility index (Phi) is 4.55. The van der Waals surface area contributed by atoms with Crippen molar-refractivity contribution in [3.8, 4) is 0 Å². The molecule has 0 bridgehead atoms. The Labute approximate surface area is 113 Å². The predicted molar refractivity (Wildman–Crippen MR) is 75.4 cm³/mol. The molecule has 0 amide bonds. The van der Waals surface area contributed by atoms with Crippen molar-refractivity contribution in [3.05, 3.63) is 28.2 Å². The van der Waals surface area contributed by atoms with Crippen LogP contribution >= 0.6 is 23.2 Å². The van der Waals surface area contributed by atoms with Crippen LogP contribution in [-0.2, 0) is 0 Å². The number of anilines is 1. The first-order chi connectivity index (χ1) is 8.20. The molecule has 1 fully saturated rings. The molecular weight excluding hydrogens is 255 g/mol. The normalized spacial score (nSPS) is 17.5. The lowest BCUT2D eigenvalue weighted by atomic mass is 10.2. The minimum absolute atomic E-state index is 0.625. The first-order valence-corrected chi connectivity index (χ1v) is 6.88. The molecule has 1 aromatic carbocycles. The van der Waals surface area contributed by atoms with Gasteiger partial charge in [0.1, 0.15) is 0 Å². The molecule has 4 heteroatoms. The Morgan fingerprint density at radius 2 is 1.76 bits per heavy atom. The van der Waals surface area contributed by atoms with E-state index < -0.39 is 0 Å². The zero-order chi connectivity index (χ0) is 12.3. The second-order valence-electron chi connectivity index (χ2n) is 4.43. The van der Waals surface area contributed by atoms with E-state index >= 15 is 0 Å². The fourth-order valence-electron chi connectivity index (χ4n) is 2.23. The molecule has 0 spiro atoms. The second-order valence-corrected chi connectivity index (χ2v) is 5.24. The molecule has 1 heterocycles. The van der Waals surface area contributed by atoms with Gasteiger partial charge in [-0.25, -0.2) is 0 Å². The number of piperazine rings is 1. The number of halogens is 2. The number of rotatable bonds is 3. The van der Waals surface area contributed by atoms with Crippen LogP contribution in [0, 0.1) is 0 Å². The van der Waals surface area contributed by atoms with Crippen molar-refractivity contribution >= 4 is 28.9 Å². The summed E-state index contributed by atoms with van der Waals surface area (Å²) in [6.45, 7) is 7.83. The summed E-state index contributed by atoms with van der Waals surface area (Å²) in [4.78, 5) is 4.88. The minimum Gasteiger partial charge on any atom is -0.369 e. The molecular formula is C13H18Cl2N2. The smallest absolute Gasteiger partial charge is 0.0612 e. The van der Waals surface area contributed by atoms with Crippen molar-refractivity contribution in [2.24, 2.45) is 0 Å². The predicted octanol–water partition coefficient (Wildman–Crippen LogP) is 3.53. The molecule has 1 saturated heterocycles. The average Bonchev–Trinajstić information content (AvgIpc) is 2.34. The fourth-order valence-corrected chi connectivity index (χ4v) is 2.52. The minimum atomic E-state index is 0.625. The largest absolute Gasteiger partial charge is 0.369 e. The molecule has 0 radical (unpaired) electrons. The van der Waals surface area contributed by atoms with Gasteiger partial charge in [-0.15, -0.1) is 0 Å². The van der Waals surface area contributed by atoms with E-state index in [9.17, 15) is 0 Å². The van der Waals surface area contributed by atoms with Crippen LogP contribution in [0.25, 0.3) is 0 Å². The maximum Gasteiger partial charge on any atom is 0.0612 e. The van der Waals surface area contributed by atoms with E-state index in [-0.39, 0.29) is 0 Å². The molecule has 2 nitrogen and oxygen atoms in total. The van der Waals surface area contributed by atoms with Gasteiger partial charge in [0.25, 0.3) is 0 Å². The SMILES string of the molecule is CCCN1CCN(c2ccc(Cl)c(Cl)c2)CC1. The van der Waals surface area contributed by atoms with E-state index in [0.29, 0.717) is 10.0 Å². The van der Waals surface area contributed by atoms with Gasteiger partial charge >= 0.3 is 0 Å². The summed E-state index contributed by atoms with van der Waals surface area (Å²) in [5.74, 6) is 0. The van der Waals surface area contributed by atoms with Crippen LogP contribution in [0.4, 0.5) is 5.69 Å². The molecule has 2 rings (SSSR count). The lowest BCUT2D eigenvalue weighted by Gasteiger charge is -2.36. The molecule has 17 heavy (non-hydrogen) atoms. The summed E-state index contributed by atoms with van der Waals surface area (Å²) in [5, 5.41) is 1.26. The van der Waals surface area contributed by atoms with Crippen LogP contribution < -0.4 is 4.90 Å². The van der Waals surface area contributed by atoms with Crippen molar-refractivity contribution in [1.82, 2.24) is 4.90 Å². The molecule has 0 aromatic heterocycles. The first kappa shape index (κ1) is 13.0. The van der Waals surface area contributed by atoms with Crippen LogP contribution in [0.5, 0.6) is 0 Å². The lowest BCUT2D eigenvalue weighted by molar-refractivity contribution is 0.258. The van der Waals surface area contributed by atoms with Gasteiger partial charge in [-0.1, -0.05) is 30.1 Å². The van der Waals surface area contributed by atoms with Gasteiger partial charge in [0.15, 0.2) is 0 Å². The summed E-state index contributed by atoms with van der Waals surface area (Å²) in [6.07, 6.45) is 1.23. The monoisotopic (exact) mass is 272 g/mol. The molecule has 0 saturated carbocycles. The molecule has 0 aliphatic carbocycles. The standard InChI is InChI=1S/C13H18Cl2N2/c1-2-5-16-6-8-17(9-7-16)11-3-4-12(14)13(15)10-11/h3-4,10H,2,5-9H2,1H3. The molecule has 0 N–H and O–H groups in total. The molecule has 0 atom stereocenters. The van der Waals surface area contributed by atoms with Crippen molar-refractivity contribution < 1.29 is 0 Å². The Hall–Kier alpha value is -0.440. The third-order valence-corrected chi connectivity index (χ3v) is 3.92. The Bertz CT molecular complexity index is 374. The fraction of sp³-hybridized carbons (Fsp3) is 0.538. The van der Waals surface area contributed by atoms with E-state index in [0.717, 1.165) is 26.2 Å². The van der Waals surface area contributed by atoms with Crippen molar-refractivity contribution in [1.29, 1.82) is 0 Å². The third-order valence-electron chi connectivity index (χ3n) is 3.18. The van der Waals surface area contributed by atoms with E-state index in [1.807, 2.05) is 18.2 Å². The second kappa shape index (κ2) is 5.94. The van der Waals surface area contributed by atoms with Crippen LogP contribution in [-0.4, -0.2) is 37.6 Å².